The first-order valence-corrected chi connectivity index (χ1v) is 7.36. The van der Waals surface area contributed by atoms with E-state index in [0.29, 0.717) is 24.2 Å². The second-order valence-electron chi connectivity index (χ2n) is 5.05. The maximum Gasteiger partial charge on any atom is 0.311 e. The maximum absolute atomic E-state index is 13.4. The Balaban J connectivity index is 1.96. The van der Waals surface area contributed by atoms with Crippen LogP contribution in [-0.2, 0) is 4.79 Å². The van der Waals surface area contributed by atoms with Gasteiger partial charge in [0.1, 0.15) is 5.75 Å². The van der Waals surface area contributed by atoms with Gasteiger partial charge in [-0.3, -0.25) is 4.79 Å². The Morgan fingerprint density at radius 1 is 1.13 bits per heavy atom. The second kappa shape index (κ2) is 8.17. The van der Waals surface area contributed by atoms with Gasteiger partial charge in [-0.05, 0) is 31.0 Å². The number of carboxylic acid groups (broad SMARTS) is 1. The molecule has 122 valence electrons. The Bertz CT molecular complexity index is 657. The Labute approximate surface area is 134 Å². The normalized spacial score (nSPS) is 11.7. The largest absolute Gasteiger partial charge is 0.496 e. The predicted molar refractivity (Wildman–Crippen MR) is 84.5 cm³/mol. The molecule has 0 aromatic heterocycles. The lowest BCUT2D eigenvalue weighted by Gasteiger charge is -2.16. The van der Waals surface area contributed by atoms with Crippen LogP contribution < -0.4 is 9.47 Å². The summed E-state index contributed by atoms with van der Waals surface area (Å²) < 4.78 is 24.0. The van der Waals surface area contributed by atoms with E-state index in [2.05, 4.69) is 0 Å². The fourth-order valence-electron chi connectivity index (χ4n) is 2.40. The van der Waals surface area contributed by atoms with Crippen molar-refractivity contribution in [3.8, 4) is 11.5 Å². The highest BCUT2D eigenvalue weighted by Crippen LogP contribution is 2.30. The van der Waals surface area contributed by atoms with E-state index in [-0.39, 0.29) is 12.4 Å². The van der Waals surface area contributed by atoms with Crippen LogP contribution in [-0.4, -0.2) is 24.8 Å². The number of carbonyl (C=O) groups is 1. The number of benzene rings is 2. The van der Waals surface area contributed by atoms with Crippen LogP contribution in [0.5, 0.6) is 11.5 Å². The third-order valence-corrected chi connectivity index (χ3v) is 3.54. The zero-order valence-electron chi connectivity index (χ0n) is 12.9. The van der Waals surface area contributed by atoms with E-state index in [1.54, 1.807) is 42.5 Å². The molecule has 2 aromatic rings. The van der Waals surface area contributed by atoms with E-state index < -0.39 is 17.7 Å². The van der Waals surface area contributed by atoms with Gasteiger partial charge in [-0.25, -0.2) is 4.39 Å². The number of hydrogen-bond donors (Lipinski definition) is 1. The van der Waals surface area contributed by atoms with E-state index in [0.717, 1.165) is 0 Å². The first-order chi connectivity index (χ1) is 11.1. The molecule has 0 amide bonds. The monoisotopic (exact) mass is 318 g/mol. The maximum atomic E-state index is 13.4. The summed E-state index contributed by atoms with van der Waals surface area (Å²) in [5.41, 5.74) is 0.633. The molecule has 1 atom stereocenters. The van der Waals surface area contributed by atoms with E-state index in [1.165, 1.54) is 13.2 Å². The molecule has 0 fully saturated rings. The molecule has 23 heavy (non-hydrogen) atoms. The summed E-state index contributed by atoms with van der Waals surface area (Å²) in [7, 11) is 1.51. The molecule has 0 heterocycles. The average molecular weight is 318 g/mol. The zero-order valence-corrected chi connectivity index (χ0v) is 12.9. The predicted octanol–water partition coefficient (Wildman–Crippen LogP) is 3.86. The molecule has 0 spiro atoms. The van der Waals surface area contributed by atoms with Crippen molar-refractivity contribution in [3.05, 3.63) is 59.9 Å². The molecule has 0 radical (unpaired) electrons. The highest BCUT2D eigenvalue weighted by Gasteiger charge is 2.22. The molecule has 4 nitrogen and oxygen atoms in total. The van der Waals surface area contributed by atoms with Crippen molar-refractivity contribution >= 4 is 5.97 Å². The number of methoxy groups -OCH3 is 1. The lowest BCUT2D eigenvalue weighted by Crippen LogP contribution is -2.14. The first kappa shape index (κ1) is 16.8. The van der Waals surface area contributed by atoms with Crippen molar-refractivity contribution in [2.24, 2.45) is 0 Å². The first-order valence-electron chi connectivity index (χ1n) is 7.36. The van der Waals surface area contributed by atoms with Crippen LogP contribution in [0.4, 0.5) is 4.39 Å². The fourth-order valence-corrected chi connectivity index (χ4v) is 2.40. The molecule has 1 N–H and O–H groups in total. The fraction of sp³-hybridized carbons (Fsp3) is 0.278. The Morgan fingerprint density at radius 3 is 2.43 bits per heavy atom. The van der Waals surface area contributed by atoms with Crippen molar-refractivity contribution in [2.75, 3.05) is 13.7 Å². The summed E-state index contributed by atoms with van der Waals surface area (Å²) in [6.07, 6.45) is 0.869. The summed E-state index contributed by atoms with van der Waals surface area (Å²) >= 11 is 0. The van der Waals surface area contributed by atoms with Gasteiger partial charge in [0.2, 0.25) is 0 Å². The minimum Gasteiger partial charge on any atom is -0.496 e. The molecule has 0 aliphatic rings. The average Bonchev–Trinajstić information content (AvgIpc) is 2.56. The van der Waals surface area contributed by atoms with Gasteiger partial charge in [0, 0.05) is 5.56 Å². The van der Waals surface area contributed by atoms with E-state index in [9.17, 15) is 14.3 Å². The SMILES string of the molecule is COc1ccccc1C(CCCOc1ccccc1F)C(=O)O. The van der Waals surface area contributed by atoms with Crippen molar-refractivity contribution < 1.29 is 23.8 Å². The molecule has 0 aliphatic heterocycles. The molecule has 0 bridgehead atoms. The van der Waals surface area contributed by atoms with Gasteiger partial charge < -0.3 is 14.6 Å². The minimum atomic E-state index is -0.916. The highest BCUT2D eigenvalue weighted by molar-refractivity contribution is 5.77. The summed E-state index contributed by atoms with van der Waals surface area (Å²) in [4.78, 5) is 11.5. The van der Waals surface area contributed by atoms with Crippen molar-refractivity contribution in [3.63, 3.8) is 0 Å². The van der Waals surface area contributed by atoms with E-state index >= 15 is 0 Å². The quantitative estimate of drug-likeness (QED) is 0.751. The summed E-state index contributed by atoms with van der Waals surface area (Å²) in [5.74, 6) is -1.30. The van der Waals surface area contributed by atoms with Crippen LogP contribution in [0.2, 0.25) is 0 Å². The van der Waals surface area contributed by atoms with Crippen LogP contribution in [0.1, 0.15) is 24.3 Å². The Hall–Kier alpha value is -2.56. The number of rotatable bonds is 8. The lowest BCUT2D eigenvalue weighted by molar-refractivity contribution is -0.139. The Morgan fingerprint density at radius 2 is 1.78 bits per heavy atom. The van der Waals surface area contributed by atoms with E-state index in [4.69, 9.17) is 9.47 Å². The molecule has 0 saturated carbocycles. The molecular weight excluding hydrogens is 299 g/mol. The number of hydrogen-bond acceptors (Lipinski definition) is 3. The minimum absolute atomic E-state index is 0.177. The van der Waals surface area contributed by atoms with Crippen molar-refractivity contribution in [2.45, 2.75) is 18.8 Å². The van der Waals surface area contributed by atoms with Crippen LogP contribution in [0.3, 0.4) is 0 Å². The van der Waals surface area contributed by atoms with Crippen LogP contribution >= 0.6 is 0 Å². The molecule has 2 rings (SSSR count). The summed E-state index contributed by atoms with van der Waals surface area (Å²) in [5, 5.41) is 9.45. The highest BCUT2D eigenvalue weighted by atomic mass is 19.1. The summed E-state index contributed by atoms with van der Waals surface area (Å²) in [6, 6.07) is 13.2. The third kappa shape index (κ3) is 4.45. The van der Waals surface area contributed by atoms with Gasteiger partial charge in [0.25, 0.3) is 0 Å². The molecule has 2 aromatic carbocycles. The van der Waals surface area contributed by atoms with Gasteiger partial charge in [-0.2, -0.15) is 0 Å². The topological polar surface area (TPSA) is 55.8 Å². The van der Waals surface area contributed by atoms with Gasteiger partial charge in [0.05, 0.1) is 19.6 Å². The number of ether oxygens (including phenoxy) is 2. The molecule has 1 unspecified atom stereocenters. The van der Waals surface area contributed by atoms with Gasteiger partial charge in [-0.1, -0.05) is 30.3 Å². The van der Waals surface area contributed by atoms with Crippen molar-refractivity contribution in [1.29, 1.82) is 0 Å². The Kier molecular flexibility index (Phi) is 5.97. The van der Waals surface area contributed by atoms with Crippen LogP contribution in [0.15, 0.2) is 48.5 Å². The smallest absolute Gasteiger partial charge is 0.311 e. The van der Waals surface area contributed by atoms with Gasteiger partial charge >= 0.3 is 5.97 Å². The molecule has 0 aliphatic carbocycles. The molecule has 0 saturated heterocycles. The second-order valence-corrected chi connectivity index (χ2v) is 5.05. The standard InChI is InChI=1S/C18H19FO4/c1-22-16-10-4-2-7-13(16)14(18(20)21)8-6-12-23-17-11-5-3-9-15(17)19/h2-5,7,9-11,14H,6,8,12H2,1H3,(H,20,21). The lowest BCUT2D eigenvalue weighted by atomic mass is 9.93. The number of halogens is 1. The number of para-hydroxylation sites is 2. The van der Waals surface area contributed by atoms with Gasteiger partial charge in [-0.15, -0.1) is 0 Å². The van der Waals surface area contributed by atoms with Gasteiger partial charge in [0.15, 0.2) is 11.6 Å². The number of carboxylic acids is 1. The number of aliphatic carboxylic acids is 1. The third-order valence-electron chi connectivity index (χ3n) is 3.54. The van der Waals surface area contributed by atoms with Crippen molar-refractivity contribution in [1.82, 2.24) is 0 Å². The van der Waals surface area contributed by atoms with E-state index in [1.807, 2.05) is 0 Å². The molecular formula is C18H19FO4. The molecule has 5 heteroatoms. The van der Waals surface area contributed by atoms with Crippen LogP contribution in [0, 0.1) is 5.82 Å². The zero-order chi connectivity index (χ0) is 16.7. The van der Waals surface area contributed by atoms with Crippen LogP contribution in [0.25, 0.3) is 0 Å². The summed E-state index contributed by atoms with van der Waals surface area (Å²) in [6.45, 7) is 0.250.